The van der Waals surface area contributed by atoms with E-state index in [-0.39, 0.29) is 69.2 Å². The maximum absolute atomic E-state index is 14.0. The van der Waals surface area contributed by atoms with Crippen molar-refractivity contribution in [3.8, 4) is 11.4 Å². The molecule has 18 heteroatoms. The largest absolute Gasteiger partial charge is 0.510 e. The number of aromatic nitrogens is 2. The van der Waals surface area contributed by atoms with E-state index >= 15 is 0 Å². The zero-order valence-electron chi connectivity index (χ0n) is 33.0. The Labute approximate surface area is 338 Å². The van der Waals surface area contributed by atoms with Gasteiger partial charge in [-0.2, -0.15) is 0 Å². The Hall–Kier alpha value is -6.33. The minimum atomic E-state index is -1.93. The van der Waals surface area contributed by atoms with E-state index in [1.165, 1.54) is 0 Å². The third-order valence-corrected chi connectivity index (χ3v) is 9.94. The van der Waals surface area contributed by atoms with Gasteiger partial charge in [0.1, 0.15) is 26.4 Å². The lowest BCUT2D eigenvalue weighted by atomic mass is 9.85. The number of nitrogens with one attached hydrogen (secondary N) is 2. The Bertz CT molecular complexity index is 2340. The van der Waals surface area contributed by atoms with Crippen LogP contribution in [-0.4, -0.2) is 86.2 Å². The molecule has 18 nitrogen and oxygen atoms in total. The standard InChI is InChI=1S/C41H45N7O11/c1-4-28-29-18-25(3)6-11-33(29)46-37-30(28)20-48-34(37)19-32-31(38(48)51)22-57-39(52)41(32,5-2)59-40(53)58-21-26-7-9-27(10-8-26)45-36(50)24-56-23-35(49)43-12-14-54-16-17-55-15-13-44-47-42/h6-11,18-19H,4-5,12-17,20-24H2,1-3H3,(H,43,49)(H,45,50)/t41-/m0/s1. The summed E-state index contributed by atoms with van der Waals surface area (Å²) < 4.78 is 34.0. The van der Waals surface area contributed by atoms with Crippen molar-refractivity contribution in [2.75, 3.05) is 58.0 Å². The number of azide groups is 1. The highest BCUT2D eigenvalue weighted by Crippen LogP contribution is 2.42. The van der Waals surface area contributed by atoms with Crippen LogP contribution < -0.4 is 16.2 Å². The average molecular weight is 812 g/mol. The molecule has 0 fully saturated rings. The summed E-state index contributed by atoms with van der Waals surface area (Å²) in [6.45, 7) is 6.58. The highest BCUT2D eigenvalue weighted by Gasteiger charge is 2.51. The smallest absolute Gasteiger partial charge is 0.457 e. The van der Waals surface area contributed by atoms with Gasteiger partial charge in [0, 0.05) is 40.2 Å². The summed E-state index contributed by atoms with van der Waals surface area (Å²) in [5, 5.41) is 9.65. The Kier molecular flexibility index (Phi) is 13.9. The van der Waals surface area contributed by atoms with E-state index < -0.39 is 29.5 Å². The van der Waals surface area contributed by atoms with Crippen LogP contribution >= 0.6 is 0 Å². The van der Waals surface area contributed by atoms with Crippen LogP contribution in [0.25, 0.3) is 32.7 Å². The van der Waals surface area contributed by atoms with Crippen LogP contribution in [-0.2, 0) is 74.6 Å². The summed E-state index contributed by atoms with van der Waals surface area (Å²) in [4.78, 5) is 72.6. The summed E-state index contributed by atoms with van der Waals surface area (Å²) in [6.07, 6.45) is -0.425. The normalized spacial score (nSPS) is 15.0. The zero-order chi connectivity index (χ0) is 41.9. The molecule has 310 valence electrons. The third kappa shape index (κ3) is 9.69. The van der Waals surface area contributed by atoms with Crippen LogP contribution in [0.2, 0.25) is 0 Å². The van der Waals surface area contributed by atoms with Gasteiger partial charge >= 0.3 is 12.1 Å². The van der Waals surface area contributed by atoms with Gasteiger partial charge in [0.2, 0.25) is 17.4 Å². The number of cyclic esters (lactones) is 1. The second-order valence-electron chi connectivity index (χ2n) is 13.8. The molecule has 1 atom stereocenters. The van der Waals surface area contributed by atoms with Gasteiger partial charge in [0.15, 0.2) is 0 Å². The highest BCUT2D eigenvalue weighted by molar-refractivity contribution is 5.92. The Morgan fingerprint density at radius 3 is 2.47 bits per heavy atom. The van der Waals surface area contributed by atoms with Crippen LogP contribution in [0.1, 0.15) is 53.6 Å². The number of amides is 2. The van der Waals surface area contributed by atoms with Crippen molar-refractivity contribution >= 4 is 40.5 Å². The van der Waals surface area contributed by atoms with Gasteiger partial charge in [-0.15, -0.1) is 0 Å². The van der Waals surface area contributed by atoms with Crippen molar-refractivity contribution in [3.05, 3.63) is 103 Å². The Morgan fingerprint density at radius 1 is 0.966 bits per heavy atom. The SMILES string of the molecule is CCc1c2c(nc3ccc(C)cc13)-c1cc3c(c(=O)n1C2)COC(=O)[C@@]3(CC)OC(=O)OCc1ccc(NC(=O)COCC(=O)NCCOCCOCCN=[N+]=[N-])cc1. The number of rotatable bonds is 19. The number of fused-ring (bicyclic) bond motifs is 5. The number of hydrogen-bond acceptors (Lipinski definition) is 13. The first kappa shape index (κ1) is 42.3. The van der Waals surface area contributed by atoms with Crippen LogP contribution in [0.15, 0.2) is 58.4 Å². The summed E-state index contributed by atoms with van der Waals surface area (Å²) in [6, 6.07) is 14.2. The monoisotopic (exact) mass is 811 g/mol. The number of hydrogen-bond donors (Lipinski definition) is 2. The number of ether oxygens (including phenoxy) is 6. The van der Waals surface area contributed by atoms with E-state index in [0.29, 0.717) is 49.0 Å². The maximum Gasteiger partial charge on any atom is 0.510 e. The molecule has 59 heavy (non-hydrogen) atoms. The summed E-state index contributed by atoms with van der Waals surface area (Å²) >= 11 is 0. The van der Waals surface area contributed by atoms with E-state index in [1.54, 1.807) is 41.8 Å². The van der Waals surface area contributed by atoms with Crippen molar-refractivity contribution in [1.82, 2.24) is 14.9 Å². The second-order valence-corrected chi connectivity index (χ2v) is 13.8. The van der Waals surface area contributed by atoms with Crippen molar-refractivity contribution in [1.29, 1.82) is 0 Å². The van der Waals surface area contributed by atoms with Crippen molar-refractivity contribution in [2.45, 2.75) is 59.0 Å². The molecule has 4 aromatic rings. The van der Waals surface area contributed by atoms with Gasteiger partial charge in [-0.05, 0) is 66.8 Å². The summed E-state index contributed by atoms with van der Waals surface area (Å²) in [7, 11) is 0. The molecule has 0 radical (unpaired) electrons. The fraction of sp³-hybridized carbons (Fsp3) is 0.415. The van der Waals surface area contributed by atoms with Gasteiger partial charge in [-0.1, -0.05) is 42.7 Å². The number of esters is 1. The van der Waals surface area contributed by atoms with E-state index in [4.69, 9.17) is 38.9 Å². The van der Waals surface area contributed by atoms with Gasteiger partial charge in [0.05, 0.1) is 55.4 Å². The molecule has 0 saturated carbocycles. The first-order chi connectivity index (χ1) is 28.6. The maximum atomic E-state index is 14.0. The molecular weight excluding hydrogens is 766 g/mol. The van der Waals surface area contributed by atoms with Crippen LogP contribution in [0.5, 0.6) is 0 Å². The molecular formula is C41H45N7O11. The lowest BCUT2D eigenvalue weighted by molar-refractivity contribution is -0.175. The topological polar surface area (TPSA) is 231 Å². The van der Waals surface area contributed by atoms with Gasteiger partial charge in [-0.3, -0.25) is 14.4 Å². The van der Waals surface area contributed by atoms with E-state index in [2.05, 4.69) is 33.6 Å². The fourth-order valence-corrected chi connectivity index (χ4v) is 7.05. The van der Waals surface area contributed by atoms with Crippen LogP contribution in [0.4, 0.5) is 10.5 Å². The fourth-order valence-electron chi connectivity index (χ4n) is 7.05. The minimum Gasteiger partial charge on any atom is -0.457 e. The molecule has 2 aliphatic rings. The molecule has 0 spiro atoms. The second kappa shape index (κ2) is 19.4. The van der Waals surface area contributed by atoms with Gasteiger partial charge in [0.25, 0.3) is 5.56 Å². The molecule has 4 heterocycles. The number of nitrogens with zero attached hydrogens (tertiary/aromatic N) is 5. The quantitative estimate of drug-likeness (QED) is 0.0379. The van der Waals surface area contributed by atoms with E-state index in [9.17, 15) is 24.0 Å². The predicted molar refractivity (Wildman–Crippen MR) is 212 cm³/mol. The van der Waals surface area contributed by atoms with Gasteiger partial charge < -0.3 is 43.6 Å². The van der Waals surface area contributed by atoms with Crippen molar-refractivity contribution in [2.24, 2.45) is 5.11 Å². The lowest BCUT2D eigenvalue weighted by Gasteiger charge is -2.35. The van der Waals surface area contributed by atoms with Gasteiger partial charge in [-0.25, -0.2) is 14.6 Å². The molecule has 0 bridgehead atoms. The van der Waals surface area contributed by atoms with Crippen LogP contribution in [0, 0.1) is 6.92 Å². The predicted octanol–water partition coefficient (Wildman–Crippen LogP) is 4.73. The first-order valence-corrected chi connectivity index (χ1v) is 19.2. The summed E-state index contributed by atoms with van der Waals surface area (Å²) in [5.74, 6) is -1.71. The number of carbonyl (C=O) groups excluding carboxylic acids is 4. The minimum absolute atomic E-state index is 0.0217. The van der Waals surface area contributed by atoms with Crippen LogP contribution in [0.3, 0.4) is 0 Å². The lowest BCUT2D eigenvalue weighted by Crippen LogP contribution is -2.47. The Morgan fingerprint density at radius 2 is 1.73 bits per heavy atom. The zero-order valence-corrected chi connectivity index (χ0v) is 33.0. The highest BCUT2D eigenvalue weighted by atomic mass is 16.7. The molecule has 2 aromatic carbocycles. The number of aryl methyl sites for hydroxylation is 2. The third-order valence-electron chi connectivity index (χ3n) is 9.94. The molecule has 2 amide bonds. The van der Waals surface area contributed by atoms with E-state index in [1.807, 2.05) is 19.1 Å². The molecule has 2 N–H and O–H groups in total. The molecule has 0 unspecified atom stereocenters. The first-order valence-electron chi connectivity index (χ1n) is 19.2. The van der Waals surface area contributed by atoms with Crippen molar-refractivity contribution in [3.63, 3.8) is 0 Å². The number of carbonyl (C=O) groups is 4. The van der Waals surface area contributed by atoms with E-state index in [0.717, 1.165) is 34.0 Å². The molecule has 2 aliphatic heterocycles. The Balaban J connectivity index is 1.00. The summed E-state index contributed by atoms with van der Waals surface area (Å²) in [5.41, 5.74) is 12.5. The van der Waals surface area contributed by atoms with Crippen molar-refractivity contribution < 1.29 is 47.6 Å². The molecule has 0 aliphatic carbocycles. The molecule has 2 aromatic heterocycles. The molecule has 0 saturated heterocycles. The molecule has 6 rings (SSSR count). The average Bonchev–Trinajstić information content (AvgIpc) is 3.60. The number of anilines is 1. The number of benzene rings is 2. The number of pyridine rings is 2.